The summed E-state index contributed by atoms with van der Waals surface area (Å²) in [5.74, 6) is -1.47. The molecule has 0 aliphatic rings. The van der Waals surface area contributed by atoms with Crippen molar-refractivity contribution in [2.45, 2.75) is 0 Å². The van der Waals surface area contributed by atoms with E-state index in [1.165, 1.54) is 29.5 Å². The third-order valence-electron chi connectivity index (χ3n) is 4.40. The van der Waals surface area contributed by atoms with Crippen molar-refractivity contribution in [3.05, 3.63) is 89.4 Å². The molecule has 0 radical (unpaired) electrons. The number of amides is 2. The Hall–Kier alpha value is -3.85. The fraction of sp³-hybridized carbons (Fsp3) is 0.0909. The first-order chi connectivity index (χ1) is 15.1. The third-order valence-corrected chi connectivity index (χ3v) is 5.29. The van der Waals surface area contributed by atoms with E-state index in [9.17, 15) is 14.0 Å². The fourth-order valence-electron chi connectivity index (χ4n) is 2.85. The summed E-state index contributed by atoms with van der Waals surface area (Å²) in [5.41, 5.74) is 1.99. The molecule has 0 saturated heterocycles. The molecule has 0 bridgehead atoms. The van der Waals surface area contributed by atoms with E-state index in [1.54, 1.807) is 22.3 Å². The molecule has 2 aromatic heterocycles. The normalized spacial score (nSPS) is 10.6. The Morgan fingerprint density at radius 2 is 1.68 bits per heavy atom. The highest BCUT2D eigenvalue weighted by Crippen LogP contribution is 2.24. The zero-order valence-electron chi connectivity index (χ0n) is 16.3. The molecule has 4 rings (SSSR count). The first-order valence-electron chi connectivity index (χ1n) is 9.49. The predicted molar refractivity (Wildman–Crippen MR) is 116 cm³/mol. The minimum atomic E-state index is -0.588. The van der Waals surface area contributed by atoms with E-state index in [1.807, 2.05) is 36.5 Å². The number of benzene rings is 2. The SMILES string of the molecule is O=C(NCCNC(=O)c1ccccc1F)c1csc(-c2cnn(-c3ccccc3)c2)n1. The van der Waals surface area contributed by atoms with E-state index < -0.39 is 11.7 Å². The van der Waals surface area contributed by atoms with Crippen molar-refractivity contribution in [3.8, 4) is 16.3 Å². The maximum atomic E-state index is 13.6. The molecule has 2 heterocycles. The van der Waals surface area contributed by atoms with E-state index >= 15 is 0 Å². The average molecular weight is 435 g/mol. The summed E-state index contributed by atoms with van der Waals surface area (Å²) < 4.78 is 15.3. The van der Waals surface area contributed by atoms with Crippen LogP contribution in [0.3, 0.4) is 0 Å². The van der Waals surface area contributed by atoms with E-state index in [0.29, 0.717) is 5.01 Å². The summed E-state index contributed by atoms with van der Waals surface area (Å²) in [6.45, 7) is 0.359. The van der Waals surface area contributed by atoms with Gasteiger partial charge in [-0.3, -0.25) is 9.59 Å². The number of carbonyl (C=O) groups excluding carboxylic acids is 2. The lowest BCUT2D eigenvalue weighted by molar-refractivity contribution is 0.0923. The number of thiazole rings is 1. The lowest BCUT2D eigenvalue weighted by Crippen LogP contribution is -2.35. The van der Waals surface area contributed by atoms with Crippen LogP contribution < -0.4 is 10.6 Å². The molecule has 4 aromatic rings. The number of para-hydroxylation sites is 1. The molecule has 0 spiro atoms. The van der Waals surface area contributed by atoms with Gasteiger partial charge < -0.3 is 10.6 Å². The van der Waals surface area contributed by atoms with Crippen molar-refractivity contribution in [1.29, 1.82) is 0 Å². The van der Waals surface area contributed by atoms with Crippen molar-refractivity contribution < 1.29 is 14.0 Å². The standard InChI is InChI=1S/C22H18FN5O2S/c23-18-9-5-4-8-17(18)20(29)24-10-11-25-21(30)19-14-31-22(27-19)15-12-26-28(13-15)16-6-2-1-3-7-16/h1-9,12-14H,10-11H2,(H,24,29)(H,25,30). The van der Waals surface area contributed by atoms with E-state index in [2.05, 4.69) is 20.7 Å². The molecule has 0 aliphatic carbocycles. The predicted octanol–water partition coefficient (Wildman–Crippen LogP) is 3.29. The summed E-state index contributed by atoms with van der Waals surface area (Å²) >= 11 is 1.35. The van der Waals surface area contributed by atoms with Crippen LogP contribution in [-0.2, 0) is 0 Å². The molecule has 0 aliphatic heterocycles. The van der Waals surface area contributed by atoms with Crippen LogP contribution >= 0.6 is 11.3 Å². The molecule has 0 fully saturated rings. The van der Waals surface area contributed by atoms with Gasteiger partial charge in [0.2, 0.25) is 0 Å². The van der Waals surface area contributed by atoms with Crippen LogP contribution in [0, 0.1) is 5.82 Å². The molecule has 2 amide bonds. The molecule has 156 valence electrons. The molecular weight excluding hydrogens is 417 g/mol. The Bertz CT molecular complexity index is 1210. The Morgan fingerprint density at radius 1 is 0.968 bits per heavy atom. The van der Waals surface area contributed by atoms with Crippen molar-refractivity contribution in [1.82, 2.24) is 25.4 Å². The van der Waals surface area contributed by atoms with Crippen LogP contribution in [0.15, 0.2) is 72.4 Å². The van der Waals surface area contributed by atoms with Crippen molar-refractivity contribution in [3.63, 3.8) is 0 Å². The molecule has 31 heavy (non-hydrogen) atoms. The number of aromatic nitrogens is 3. The zero-order chi connectivity index (χ0) is 21.6. The maximum absolute atomic E-state index is 13.6. The summed E-state index contributed by atoms with van der Waals surface area (Å²) in [4.78, 5) is 28.7. The lowest BCUT2D eigenvalue weighted by Gasteiger charge is -2.06. The quantitative estimate of drug-likeness (QED) is 0.436. The summed E-state index contributed by atoms with van der Waals surface area (Å²) in [6.07, 6.45) is 3.56. The van der Waals surface area contributed by atoms with Gasteiger partial charge in [-0.15, -0.1) is 11.3 Å². The van der Waals surface area contributed by atoms with Gasteiger partial charge in [0.15, 0.2) is 0 Å². The van der Waals surface area contributed by atoms with E-state index in [-0.39, 0.29) is 30.3 Å². The Balaban J connectivity index is 1.30. The minimum Gasteiger partial charge on any atom is -0.350 e. The number of hydrogen-bond acceptors (Lipinski definition) is 5. The van der Waals surface area contributed by atoms with Crippen LogP contribution in [-0.4, -0.2) is 39.7 Å². The van der Waals surface area contributed by atoms with Gasteiger partial charge in [0, 0.05) is 30.2 Å². The number of carbonyl (C=O) groups is 2. The lowest BCUT2D eigenvalue weighted by atomic mass is 10.2. The summed E-state index contributed by atoms with van der Waals surface area (Å²) in [7, 11) is 0. The molecule has 0 saturated carbocycles. The van der Waals surface area contributed by atoms with Crippen LogP contribution in [0.1, 0.15) is 20.8 Å². The van der Waals surface area contributed by atoms with Crippen molar-refractivity contribution in [2.24, 2.45) is 0 Å². The van der Waals surface area contributed by atoms with E-state index in [4.69, 9.17) is 0 Å². The second-order valence-corrected chi connectivity index (χ2v) is 7.40. The van der Waals surface area contributed by atoms with Gasteiger partial charge in [-0.2, -0.15) is 5.10 Å². The van der Waals surface area contributed by atoms with Crippen LogP contribution in [0.25, 0.3) is 16.3 Å². The van der Waals surface area contributed by atoms with Gasteiger partial charge in [-0.1, -0.05) is 30.3 Å². The Kier molecular flexibility index (Phi) is 6.13. The van der Waals surface area contributed by atoms with Crippen molar-refractivity contribution >= 4 is 23.2 Å². The maximum Gasteiger partial charge on any atom is 0.270 e. The molecule has 9 heteroatoms. The van der Waals surface area contributed by atoms with Crippen LogP contribution in [0.2, 0.25) is 0 Å². The summed E-state index contributed by atoms with van der Waals surface area (Å²) in [6, 6.07) is 15.4. The molecule has 0 atom stereocenters. The second kappa shape index (κ2) is 9.31. The molecule has 2 N–H and O–H groups in total. The molecular formula is C22H18FN5O2S. The van der Waals surface area contributed by atoms with Crippen LogP contribution in [0.5, 0.6) is 0 Å². The smallest absolute Gasteiger partial charge is 0.270 e. The first-order valence-corrected chi connectivity index (χ1v) is 10.4. The second-order valence-electron chi connectivity index (χ2n) is 6.54. The highest BCUT2D eigenvalue weighted by Gasteiger charge is 2.14. The first kappa shape index (κ1) is 20.4. The monoisotopic (exact) mass is 435 g/mol. The number of hydrogen-bond donors (Lipinski definition) is 2. The largest absolute Gasteiger partial charge is 0.350 e. The number of nitrogens with one attached hydrogen (secondary N) is 2. The summed E-state index contributed by atoms with van der Waals surface area (Å²) in [5, 5.41) is 12.0. The molecule has 0 unspecified atom stereocenters. The number of rotatable bonds is 7. The fourth-order valence-corrected chi connectivity index (χ4v) is 3.62. The highest BCUT2D eigenvalue weighted by molar-refractivity contribution is 7.13. The van der Waals surface area contributed by atoms with Gasteiger partial charge in [0.1, 0.15) is 16.5 Å². The van der Waals surface area contributed by atoms with Crippen molar-refractivity contribution in [2.75, 3.05) is 13.1 Å². The topological polar surface area (TPSA) is 88.9 Å². The zero-order valence-corrected chi connectivity index (χ0v) is 17.1. The van der Waals surface area contributed by atoms with Gasteiger partial charge in [-0.25, -0.2) is 14.1 Å². The van der Waals surface area contributed by atoms with Gasteiger partial charge in [0.05, 0.1) is 17.4 Å². The minimum absolute atomic E-state index is 0.0333. The molecule has 2 aromatic carbocycles. The average Bonchev–Trinajstić information content (AvgIpc) is 3.47. The number of halogens is 1. The third kappa shape index (κ3) is 4.84. The Labute approximate surface area is 181 Å². The van der Waals surface area contributed by atoms with Gasteiger partial charge in [-0.05, 0) is 24.3 Å². The van der Waals surface area contributed by atoms with Gasteiger partial charge >= 0.3 is 0 Å². The van der Waals surface area contributed by atoms with Crippen LogP contribution in [0.4, 0.5) is 4.39 Å². The van der Waals surface area contributed by atoms with E-state index in [0.717, 1.165) is 11.3 Å². The Morgan fingerprint density at radius 3 is 2.45 bits per heavy atom. The molecule has 7 nitrogen and oxygen atoms in total. The van der Waals surface area contributed by atoms with Gasteiger partial charge in [0.25, 0.3) is 11.8 Å². The number of nitrogens with zero attached hydrogens (tertiary/aromatic N) is 3. The highest BCUT2D eigenvalue weighted by atomic mass is 32.1.